The fraction of sp³-hybridized carbons (Fsp3) is 0.0690. The van der Waals surface area contributed by atoms with Gasteiger partial charge >= 0.3 is 5.97 Å². The lowest BCUT2D eigenvalue weighted by molar-refractivity contribution is 0.0278. The van der Waals surface area contributed by atoms with Crippen LogP contribution in [0.25, 0.3) is 0 Å². The molecule has 0 radical (unpaired) electrons. The molecule has 1 atom stereocenters. The zero-order valence-corrected chi connectivity index (χ0v) is 18.1. The zero-order valence-electron chi connectivity index (χ0n) is 18.1. The maximum absolute atomic E-state index is 13.3. The van der Waals surface area contributed by atoms with Crippen LogP contribution in [0, 0.1) is 6.92 Å². The number of ketones is 2. The lowest BCUT2D eigenvalue weighted by atomic mass is 9.97. The van der Waals surface area contributed by atoms with Gasteiger partial charge in [-0.15, -0.1) is 0 Å². The van der Waals surface area contributed by atoms with Crippen molar-refractivity contribution in [3.8, 4) is 0 Å². The van der Waals surface area contributed by atoms with Gasteiger partial charge in [0.05, 0.1) is 5.56 Å². The normalized spacial score (nSPS) is 11.4. The summed E-state index contributed by atoms with van der Waals surface area (Å²) in [6.07, 6.45) is -1.14. The Balaban J connectivity index is 1.68. The number of hydrogen-bond donors (Lipinski definition) is 0. The molecule has 0 saturated carbocycles. The van der Waals surface area contributed by atoms with Crippen LogP contribution in [0.3, 0.4) is 0 Å². The minimum atomic E-state index is -1.14. The van der Waals surface area contributed by atoms with Crippen LogP contribution in [0.4, 0.5) is 0 Å². The lowest BCUT2D eigenvalue weighted by Gasteiger charge is -2.18. The first kappa shape index (κ1) is 21.9. The molecule has 0 heterocycles. The SMILES string of the molecule is Cc1ccc(C(=O)C(OC(=O)c2ccccc2C(=O)c2ccccc2)c2ccccc2)cc1. The van der Waals surface area contributed by atoms with Crippen molar-refractivity contribution in [3.05, 3.63) is 143 Å². The average Bonchev–Trinajstić information content (AvgIpc) is 2.88. The summed E-state index contributed by atoms with van der Waals surface area (Å²) < 4.78 is 5.76. The molecule has 33 heavy (non-hydrogen) atoms. The minimum absolute atomic E-state index is 0.115. The molecule has 0 fully saturated rings. The zero-order chi connectivity index (χ0) is 23.2. The van der Waals surface area contributed by atoms with Gasteiger partial charge in [0.2, 0.25) is 5.78 Å². The molecule has 0 bridgehead atoms. The van der Waals surface area contributed by atoms with Crippen LogP contribution in [0.2, 0.25) is 0 Å². The van der Waals surface area contributed by atoms with Crippen LogP contribution in [0.15, 0.2) is 109 Å². The Bertz CT molecular complexity index is 1280. The first-order chi connectivity index (χ1) is 16.0. The van der Waals surface area contributed by atoms with E-state index >= 15 is 0 Å². The smallest absolute Gasteiger partial charge is 0.339 e. The molecular formula is C29H22O4. The van der Waals surface area contributed by atoms with Gasteiger partial charge in [-0.25, -0.2) is 4.79 Å². The molecule has 0 aliphatic carbocycles. The second kappa shape index (κ2) is 9.88. The van der Waals surface area contributed by atoms with E-state index in [0.29, 0.717) is 16.7 Å². The monoisotopic (exact) mass is 434 g/mol. The van der Waals surface area contributed by atoms with Crippen molar-refractivity contribution >= 4 is 17.5 Å². The Morgan fingerprint density at radius 1 is 0.606 bits per heavy atom. The number of Topliss-reactive ketones (excluding diaryl/α,β-unsaturated/α-hetero) is 1. The number of carbonyl (C=O) groups is 3. The van der Waals surface area contributed by atoms with Crippen LogP contribution in [0.5, 0.6) is 0 Å². The topological polar surface area (TPSA) is 60.4 Å². The van der Waals surface area contributed by atoms with E-state index in [1.165, 1.54) is 6.07 Å². The summed E-state index contributed by atoms with van der Waals surface area (Å²) in [4.78, 5) is 39.6. The minimum Gasteiger partial charge on any atom is -0.445 e. The van der Waals surface area contributed by atoms with E-state index in [4.69, 9.17) is 4.74 Å². The fourth-order valence-corrected chi connectivity index (χ4v) is 3.54. The van der Waals surface area contributed by atoms with Crippen molar-refractivity contribution in [2.24, 2.45) is 0 Å². The molecule has 0 aromatic heterocycles. The van der Waals surface area contributed by atoms with Gasteiger partial charge < -0.3 is 4.74 Å². The van der Waals surface area contributed by atoms with Gasteiger partial charge in [0, 0.05) is 22.3 Å². The van der Waals surface area contributed by atoms with Crippen molar-refractivity contribution in [1.29, 1.82) is 0 Å². The fourth-order valence-electron chi connectivity index (χ4n) is 3.54. The molecular weight excluding hydrogens is 412 g/mol. The standard InChI is InChI=1S/C29H22O4/c1-20-16-18-22(19-17-20)27(31)28(23-12-6-3-7-13-23)33-29(32)25-15-9-8-14-24(25)26(30)21-10-4-2-5-11-21/h2-19,28H,1H3. The van der Waals surface area contributed by atoms with E-state index in [2.05, 4.69) is 0 Å². The maximum atomic E-state index is 13.3. The Kier molecular flexibility index (Phi) is 6.56. The largest absolute Gasteiger partial charge is 0.445 e. The number of esters is 1. The third-order valence-electron chi connectivity index (χ3n) is 5.33. The summed E-state index contributed by atoms with van der Waals surface area (Å²) in [5.74, 6) is -1.35. The van der Waals surface area contributed by atoms with Crippen molar-refractivity contribution < 1.29 is 19.1 Å². The third-order valence-corrected chi connectivity index (χ3v) is 5.33. The molecule has 0 N–H and O–H groups in total. The predicted molar refractivity (Wildman–Crippen MR) is 126 cm³/mol. The molecule has 4 aromatic rings. The highest BCUT2D eigenvalue weighted by Gasteiger charge is 2.28. The van der Waals surface area contributed by atoms with Gasteiger partial charge in [-0.1, -0.05) is 109 Å². The Hall–Kier alpha value is -4.31. The van der Waals surface area contributed by atoms with Gasteiger partial charge in [0.15, 0.2) is 11.9 Å². The van der Waals surface area contributed by atoms with Crippen molar-refractivity contribution in [1.82, 2.24) is 0 Å². The van der Waals surface area contributed by atoms with Crippen LogP contribution in [0.1, 0.15) is 53.9 Å². The van der Waals surface area contributed by atoms with Crippen LogP contribution in [-0.4, -0.2) is 17.5 Å². The summed E-state index contributed by atoms with van der Waals surface area (Å²) in [6, 6.07) is 31.2. The van der Waals surface area contributed by atoms with Gasteiger partial charge in [-0.05, 0) is 13.0 Å². The quantitative estimate of drug-likeness (QED) is 0.264. The number of benzene rings is 4. The van der Waals surface area contributed by atoms with Gasteiger partial charge in [0.1, 0.15) is 0 Å². The molecule has 162 valence electrons. The first-order valence-corrected chi connectivity index (χ1v) is 10.6. The molecule has 1 unspecified atom stereocenters. The Morgan fingerprint density at radius 2 is 1.15 bits per heavy atom. The molecule has 0 aliphatic heterocycles. The van der Waals surface area contributed by atoms with Crippen LogP contribution < -0.4 is 0 Å². The van der Waals surface area contributed by atoms with Crippen molar-refractivity contribution in [2.75, 3.05) is 0 Å². The van der Waals surface area contributed by atoms with Gasteiger partial charge in [0.25, 0.3) is 0 Å². The molecule has 0 saturated heterocycles. The molecule has 0 aliphatic rings. The van der Waals surface area contributed by atoms with E-state index in [9.17, 15) is 14.4 Å². The van der Waals surface area contributed by atoms with E-state index in [1.54, 1.807) is 78.9 Å². The van der Waals surface area contributed by atoms with E-state index in [-0.39, 0.29) is 22.7 Å². The molecule has 0 amide bonds. The van der Waals surface area contributed by atoms with Crippen LogP contribution in [-0.2, 0) is 4.74 Å². The number of ether oxygens (including phenoxy) is 1. The molecule has 4 heteroatoms. The highest BCUT2D eigenvalue weighted by molar-refractivity contribution is 6.14. The molecule has 0 spiro atoms. The second-order valence-corrected chi connectivity index (χ2v) is 7.67. The maximum Gasteiger partial charge on any atom is 0.339 e. The Morgan fingerprint density at radius 3 is 1.79 bits per heavy atom. The summed E-state index contributed by atoms with van der Waals surface area (Å²) in [5, 5.41) is 0. The van der Waals surface area contributed by atoms with E-state index in [0.717, 1.165) is 5.56 Å². The van der Waals surface area contributed by atoms with Crippen LogP contribution >= 0.6 is 0 Å². The summed E-state index contributed by atoms with van der Waals surface area (Å²) in [6.45, 7) is 1.93. The van der Waals surface area contributed by atoms with Crippen molar-refractivity contribution in [2.45, 2.75) is 13.0 Å². The summed E-state index contributed by atoms with van der Waals surface area (Å²) in [5.41, 5.74) is 2.83. The summed E-state index contributed by atoms with van der Waals surface area (Å²) in [7, 11) is 0. The molecule has 4 aromatic carbocycles. The molecule has 4 nitrogen and oxygen atoms in total. The first-order valence-electron chi connectivity index (χ1n) is 10.6. The third kappa shape index (κ3) is 4.96. The summed E-state index contributed by atoms with van der Waals surface area (Å²) >= 11 is 0. The Labute approximate surface area is 192 Å². The predicted octanol–water partition coefficient (Wildman–Crippen LogP) is 6.01. The van der Waals surface area contributed by atoms with Crippen molar-refractivity contribution in [3.63, 3.8) is 0 Å². The average molecular weight is 434 g/mol. The lowest BCUT2D eigenvalue weighted by Crippen LogP contribution is -2.22. The number of rotatable bonds is 7. The van der Waals surface area contributed by atoms with Gasteiger partial charge in [-0.3, -0.25) is 9.59 Å². The number of aryl methyl sites for hydroxylation is 1. The number of hydrogen-bond acceptors (Lipinski definition) is 4. The van der Waals surface area contributed by atoms with E-state index in [1.807, 2.05) is 31.2 Å². The second-order valence-electron chi connectivity index (χ2n) is 7.67. The highest BCUT2D eigenvalue weighted by atomic mass is 16.5. The van der Waals surface area contributed by atoms with E-state index < -0.39 is 12.1 Å². The molecule has 4 rings (SSSR count). The highest BCUT2D eigenvalue weighted by Crippen LogP contribution is 2.26. The number of carbonyl (C=O) groups excluding carboxylic acids is 3. The van der Waals surface area contributed by atoms with Gasteiger partial charge in [-0.2, -0.15) is 0 Å².